The number of carbonyl (C=O) groups is 1. The molecule has 1 aromatic carbocycles. The first kappa shape index (κ1) is 18.6. The predicted octanol–water partition coefficient (Wildman–Crippen LogP) is 1.67. The molecule has 8 nitrogen and oxygen atoms in total. The highest BCUT2D eigenvalue weighted by Gasteiger charge is 2.24. The van der Waals surface area contributed by atoms with Crippen LogP contribution < -0.4 is 14.2 Å². The lowest BCUT2D eigenvalue weighted by atomic mass is 10.1. The molecule has 1 aliphatic rings. The molecule has 26 heavy (non-hydrogen) atoms. The third-order valence-electron chi connectivity index (χ3n) is 3.78. The van der Waals surface area contributed by atoms with Crippen LogP contribution >= 0.6 is 11.3 Å². The van der Waals surface area contributed by atoms with Crippen molar-refractivity contribution in [3.63, 3.8) is 0 Å². The van der Waals surface area contributed by atoms with Crippen molar-refractivity contribution >= 4 is 27.3 Å². The number of nitrogens with one attached hydrogen (secondary N) is 1. The number of carbonyl (C=O) groups excluding carboxylic acids is 1. The fourth-order valence-electron chi connectivity index (χ4n) is 2.45. The Balaban J connectivity index is 1.62. The first-order valence-corrected chi connectivity index (χ1v) is 10.0. The van der Waals surface area contributed by atoms with Crippen LogP contribution in [0.3, 0.4) is 0 Å². The molecule has 0 fully saturated rings. The number of methoxy groups -OCH3 is 1. The van der Waals surface area contributed by atoms with Gasteiger partial charge < -0.3 is 19.3 Å². The van der Waals surface area contributed by atoms with Crippen LogP contribution in [0.5, 0.6) is 11.5 Å². The SMILES string of the molecule is COC(=O)c1sccc1S(=O)(=O)NCCC(O)c1ccc2c(c1)OCO2. The zero-order valence-electron chi connectivity index (χ0n) is 13.8. The molecule has 0 spiro atoms. The van der Waals surface area contributed by atoms with E-state index in [1.54, 1.807) is 18.2 Å². The fraction of sp³-hybridized carbons (Fsp3) is 0.312. The molecular formula is C16H17NO7S2. The second-order valence-corrected chi connectivity index (χ2v) is 8.07. The van der Waals surface area contributed by atoms with Crippen molar-refractivity contribution in [1.82, 2.24) is 4.72 Å². The molecule has 2 N–H and O–H groups in total. The molecule has 0 bridgehead atoms. The van der Waals surface area contributed by atoms with Crippen molar-refractivity contribution in [2.24, 2.45) is 0 Å². The number of rotatable bonds is 7. The minimum absolute atomic E-state index is 0.00555. The van der Waals surface area contributed by atoms with Gasteiger partial charge in [-0.3, -0.25) is 0 Å². The Bertz CT molecular complexity index is 907. The summed E-state index contributed by atoms with van der Waals surface area (Å²) in [5.41, 5.74) is 0.597. The van der Waals surface area contributed by atoms with Crippen LogP contribution in [-0.4, -0.2) is 39.9 Å². The molecule has 2 heterocycles. The van der Waals surface area contributed by atoms with Gasteiger partial charge in [-0.05, 0) is 35.6 Å². The summed E-state index contributed by atoms with van der Waals surface area (Å²) in [6, 6.07) is 6.39. The van der Waals surface area contributed by atoms with Crippen LogP contribution in [0.4, 0.5) is 0 Å². The van der Waals surface area contributed by atoms with Crippen molar-refractivity contribution in [2.75, 3.05) is 20.4 Å². The highest BCUT2D eigenvalue weighted by molar-refractivity contribution is 7.89. The van der Waals surface area contributed by atoms with E-state index in [9.17, 15) is 18.3 Å². The largest absolute Gasteiger partial charge is 0.465 e. The third-order valence-corrected chi connectivity index (χ3v) is 6.31. The van der Waals surface area contributed by atoms with Gasteiger partial charge in [0.2, 0.25) is 16.8 Å². The summed E-state index contributed by atoms with van der Waals surface area (Å²) in [6.45, 7) is 0.131. The van der Waals surface area contributed by atoms with E-state index in [1.165, 1.54) is 18.6 Å². The van der Waals surface area contributed by atoms with Crippen LogP contribution in [0, 0.1) is 0 Å². The summed E-state index contributed by atoms with van der Waals surface area (Å²) in [5, 5.41) is 11.8. The van der Waals surface area contributed by atoms with Gasteiger partial charge in [-0.15, -0.1) is 11.3 Å². The Morgan fingerprint density at radius 3 is 2.88 bits per heavy atom. The van der Waals surface area contributed by atoms with E-state index >= 15 is 0 Å². The maximum Gasteiger partial charge on any atom is 0.349 e. The number of esters is 1. The number of benzene rings is 1. The highest BCUT2D eigenvalue weighted by Crippen LogP contribution is 2.34. The lowest BCUT2D eigenvalue weighted by Gasteiger charge is -2.12. The first-order valence-electron chi connectivity index (χ1n) is 7.65. The number of thiophene rings is 1. The first-order chi connectivity index (χ1) is 12.4. The van der Waals surface area contributed by atoms with Gasteiger partial charge >= 0.3 is 5.97 Å². The van der Waals surface area contributed by atoms with Gasteiger partial charge in [0.1, 0.15) is 9.77 Å². The summed E-state index contributed by atoms with van der Waals surface area (Å²) in [6.07, 6.45) is -0.730. The number of hydrogen-bond acceptors (Lipinski definition) is 8. The molecule has 0 radical (unpaired) electrons. The molecule has 3 rings (SSSR count). The standard InChI is InChI=1S/C16H17NO7S2/c1-22-16(19)15-14(5-7-25-15)26(20,21)17-6-4-11(18)10-2-3-12-13(8-10)24-9-23-12/h2-3,5,7-8,11,17-18H,4,6,9H2,1H3. The minimum Gasteiger partial charge on any atom is -0.465 e. The smallest absolute Gasteiger partial charge is 0.349 e. The summed E-state index contributed by atoms with van der Waals surface area (Å²) < 4.78 is 42.2. The van der Waals surface area contributed by atoms with Gasteiger partial charge in [-0.1, -0.05) is 6.07 Å². The van der Waals surface area contributed by atoms with Gasteiger partial charge in [-0.25, -0.2) is 17.9 Å². The Hall–Kier alpha value is -2.14. The van der Waals surface area contributed by atoms with Crippen molar-refractivity contribution in [1.29, 1.82) is 0 Å². The van der Waals surface area contributed by atoms with Crippen LogP contribution in [0.15, 0.2) is 34.5 Å². The molecule has 10 heteroatoms. The summed E-state index contributed by atoms with van der Waals surface area (Å²) in [4.78, 5) is 11.5. The molecular weight excluding hydrogens is 382 g/mol. The Morgan fingerprint density at radius 2 is 2.12 bits per heavy atom. The Morgan fingerprint density at radius 1 is 1.35 bits per heavy atom. The summed E-state index contributed by atoms with van der Waals surface area (Å²) in [5.74, 6) is 0.443. The second kappa shape index (κ2) is 7.62. The summed E-state index contributed by atoms with van der Waals surface area (Å²) in [7, 11) is -2.70. The zero-order chi connectivity index (χ0) is 18.7. The normalized spacial score (nSPS) is 14.2. The van der Waals surface area contributed by atoms with Crippen LogP contribution in [0.2, 0.25) is 0 Å². The van der Waals surface area contributed by atoms with E-state index in [0.717, 1.165) is 11.3 Å². The number of fused-ring (bicyclic) bond motifs is 1. The van der Waals surface area contributed by atoms with Crippen molar-refractivity contribution in [2.45, 2.75) is 17.4 Å². The van der Waals surface area contributed by atoms with Crippen LogP contribution in [0.25, 0.3) is 0 Å². The van der Waals surface area contributed by atoms with E-state index in [4.69, 9.17) is 9.47 Å². The lowest BCUT2D eigenvalue weighted by molar-refractivity contribution is 0.0602. The van der Waals surface area contributed by atoms with E-state index in [-0.39, 0.29) is 29.5 Å². The van der Waals surface area contributed by atoms with Gasteiger partial charge in [0.25, 0.3) is 0 Å². The number of sulfonamides is 1. The van der Waals surface area contributed by atoms with Gasteiger partial charge in [0.15, 0.2) is 11.5 Å². The molecule has 0 saturated heterocycles. The van der Waals surface area contributed by atoms with Crippen molar-refractivity contribution in [3.05, 3.63) is 40.1 Å². The molecule has 1 aromatic heterocycles. The molecule has 1 aliphatic heterocycles. The van der Waals surface area contributed by atoms with Crippen LogP contribution in [-0.2, 0) is 14.8 Å². The average Bonchev–Trinajstić information content (AvgIpc) is 3.29. The lowest BCUT2D eigenvalue weighted by Crippen LogP contribution is -2.27. The molecule has 0 amide bonds. The Kier molecular flexibility index (Phi) is 5.47. The maximum atomic E-state index is 12.4. The molecule has 0 aliphatic carbocycles. The zero-order valence-corrected chi connectivity index (χ0v) is 15.4. The van der Waals surface area contributed by atoms with Gasteiger partial charge in [0.05, 0.1) is 13.2 Å². The molecule has 0 saturated carbocycles. The van der Waals surface area contributed by atoms with Crippen molar-refractivity contribution < 1.29 is 32.5 Å². The average molecular weight is 399 g/mol. The highest BCUT2D eigenvalue weighted by atomic mass is 32.2. The van der Waals surface area contributed by atoms with Crippen molar-refractivity contribution in [3.8, 4) is 11.5 Å². The predicted molar refractivity (Wildman–Crippen MR) is 93.0 cm³/mol. The van der Waals surface area contributed by atoms with Crippen LogP contribution in [0.1, 0.15) is 27.8 Å². The number of ether oxygens (including phenoxy) is 3. The Labute approximate surface area is 154 Å². The molecule has 2 aromatic rings. The monoisotopic (exact) mass is 399 g/mol. The van der Waals surface area contributed by atoms with E-state index in [0.29, 0.717) is 17.1 Å². The molecule has 1 atom stereocenters. The second-order valence-electron chi connectivity index (χ2n) is 5.42. The third kappa shape index (κ3) is 3.83. The van der Waals surface area contributed by atoms with E-state index in [2.05, 4.69) is 9.46 Å². The maximum absolute atomic E-state index is 12.4. The van der Waals surface area contributed by atoms with E-state index < -0.39 is 22.1 Å². The number of aliphatic hydroxyl groups excluding tert-OH is 1. The minimum atomic E-state index is -3.89. The van der Waals surface area contributed by atoms with E-state index in [1.807, 2.05) is 0 Å². The van der Waals surface area contributed by atoms with Gasteiger partial charge in [-0.2, -0.15) is 0 Å². The quantitative estimate of drug-likeness (QED) is 0.681. The topological polar surface area (TPSA) is 111 Å². The fourth-order valence-corrected chi connectivity index (χ4v) is 4.83. The molecule has 1 unspecified atom stereocenters. The number of aliphatic hydroxyl groups is 1. The van der Waals surface area contributed by atoms with Gasteiger partial charge in [0, 0.05) is 6.54 Å². The summed E-state index contributed by atoms with van der Waals surface area (Å²) >= 11 is 0.988. The number of hydrogen-bond donors (Lipinski definition) is 2. The molecule has 140 valence electrons.